The van der Waals surface area contributed by atoms with Crippen molar-refractivity contribution in [1.82, 2.24) is 0 Å². The predicted molar refractivity (Wildman–Crippen MR) is 319 cm³/mol. The summed E-state index contributed by atoms with van der Waals surface area (Å²) in [5.41, 5.74) is 22.6. The van der Waals surface area contributed by atoms with E-state index < -0.39 is 0 Å². The van der Waals surface area contributed by atoms with Crippen LogP contribution in [0.1, 0.15) is 156 Å². The molecule has 3 aliphatic rings. The molecule has 0 radical (unpaired) electrons. The van der Waals surface area contributed by atoms with Gasteiger partial charge in [0.15, 0.2) is 0 Å². The first-order valence-corrected chi connectivity index (χ1v) is 27.9. The minimum Gasteiger partial charge on any atom is -0.455 e. The van der Waals surface area contributed by atoms with Crippen LogP contribution < -0.4 is 20.5 Å². The van der Waals surface area contributed by atoms with Crippen molar-refractivity contribution < 1.29 is 4.42 Å². The Morgan fingerprint density at radius 3 is 1.79 bits per heavy atom. The van der Waals surface area contributed by atoms with Gasteiger partial charge in [-0.1, -0.05) is 164 Å². The molecule has 3 nitrogen and oxygen atoms in total. The van der Waals surface area contributed by atoms with Crippen LogP contribution in [0.2, 0.25) is 0 Å². The standard InChI is InChI=1S/C68H73BN2OS/c1-63(2,3)41-24-28-53(70-43-26-27-49-50(36-43)66(9,10)31-30-65(49,7)8)47(35-41)58-59-55(38-46-44-22-18-19-23-56(44)72-61(46)58)71(54-29-25-42(64(4,5)6)34-45(54)40-20-16-15-17-21-40)60-48-37-51-52(39-57(48)73-62(60)69-59)68(13,14)33-32-67(51,11)12/h15-29,34-39,69-70H,30-33H2,1-14H3. The molecule has 1 aliphatic heterocycles. The summed E-state index contributed by atoms with van der Waals surface area (Å²) in [4.78, 5) is 2.69. The Bertz CT molecular complexity index is 3720. The summed E-state index contributed by atoms with van der Waals surface area (Å²) in [6.07, 6.45) is 4.71. The lowest BCUT2D eigenvalue weighted by Crippen LogP contribution is -2.39. The third-order valence-electron chi connectivity index (χ3n) is 17.7. The van der Waals surface area contributed by atoms with E-state index >= 15 is 0 Å². The van der Waals surface area contributed by atoms with E-state index in [-0.39, 0.29) is 32.5 Å². The van der Waals surface area contributed by atoms with Crippen LogP contribution in [0.5, 0.6) is 0 Å². The summed E-state index contributed by atoms with van der Waals surface area (Å²) in [7, 11) is 0.780. The van der Waals surface area contributed by atoms with E-state index in [0.717, 1.165) is 40.6 Å². The van der Waals surface area contributed by atoms with Gasteiger partial charge in [-0.25, -0.2) is 0 Å². The van der Waals surface area contributed by atoms with Crippen molar-refractivity contribution in [1.29, 1.82) is 0 Å². The van der Waals surface area contributed by atoms with Gasteiger partial charge >= 0.3 is 0 Å². The number of anilines is 5. The van der Waals surface area contributed by atoms with Crippen LogP contribution in [0.3, 0.4) is 0 Å². The number of para-hydroxylation sites is 1. The highest BCUT2D eigenvalue weighted by molar-refractivity contribution is 7.29. The fraction of sp³-hybridized carbons (Fsp3) is 0.353. The van der Waals surface area contributed by atoms with Gasteiger partial charge in [-0.2, -0.15) is 0 Å². The zero-order valence-corrected chi connectivity index (χ0v) is 46.7. The van der Waals surface area contributed by atoms with Gasteiger partial charge < -0.3 is 14.6 Å². The van der Waals surface area contributed by atoms with Crippen molar-refractivity contribution >= 4 is 89.3 Å². The molecule has 7 aromatic carbocycles. The molecule has 0 atom stereocenters. The number of furan rings is 1. The molecule has 2 aliphatic carbocycles. The van der Waals surface area contributed by atoms with E-state index in [9.17, 15) is 0 Å². The molecule has 3 heterocycles. The van der Waals surface area contributed by atoms with Gasteiger partial charge in [-0.15, -0.1) is 11.3 Å². The van der Waals surface area contributed by atoms with E-state index in [4.69, 9.17) is 4.42 Å². The largest absolute Gasteiger partial charge is 0.455 e. The molecule has 1 N–H and O–H groups in total. The molecule has 5 heteroatoms. The van der Waals surface area contributed by atoms with Crippen LogP contribution in [0.25, 0.3) is 54.3 Å². The molecule has 0 unspecified atom stereocenters. The van der Waals surface area contributed by atoms with Crippen LogP contribution in [0, 0.1) is 0 Å². The van der Waals surface area contributed by atoms with Crippen LogP contribution in [0.4, 0.5) is 28.4 Å². The molecule has 0 fully saturated rings. The lowest BCUT2D eigenvalue weighted by molar-refractivity contribution is 0.332. The highest BCUT2D eigenvalue weighted by Gasteiger charge is 2.41. The average molecular weight is 977 g/mol. The molecule has 0 saturated heterocycles. The zero-order valence-electron chi connectivity index (χ0n) is 45.9. The monoisotopic (exact) mass is 977 g/mol. The van der Waals surface area contributed by atoms with Gasteiger partial charge in [-0.3, -0.25) is 0 Å². The fourth-order valence-corrected chi connectivity index (χ4v) is 14.1. The van der Waals surface area contributed by atoms with Gasteiger partial charge in [0.25, 0.3) is 0 Å². The molecular weight excluding hydrogens is 904 g/mol. The van der Waals surface area contributed by atoms with Crippen molar-refractivity contribution in [2.45, 2.75) is 155 Å². The average Bonchev–Trinajstić information content (AvgIpc) is 3.90. The summed E-state index contributed by atoms with van der Waals surface area (Å²) in [6, 6.07) is 49.1. The van der Waals surface area contributed by atoms with E-state index in [2.05, 4.69) is 235 Å². The number of rotatable bonds is 5. The van der Waals surface area contributed by atoms with E-state index in [1.807, 2.05) is 11.3 Å². The smallest absolute Gasteiger partial charge is 0.211 e. The Morgan fingerprint density at radius 1 is 0.534 bits per heavy atom. The van der Waals surface area contributed by atoms with E-state index in [1.165, 1.54) is 119 Å². The van der Waals surface area contributed by atoms with Crippen molar-refractivity contribution in [3.05, 3.63) is 161 Å². The minimum atomic E-state index is -0.0960. The Hall–Kier alpha value is -6.04. The van der Waals surface area contributed by atoms with E-state index in [0.29, 0.717) is 0 Å². The highest BCUT2D eigenvalue weighted by atomic mass is 32.1. The van der Waals surface area contributed by atoms with Crippen LogP contribution in [-0.4, -0.2) is 7.28 Å². The minimum absolute atomic E-state index is 0.0416. The lowest BCUT2D eigenvalue weighted by Gasteiger charge is -2.42. The first-order valence-electron chi connectivity index (χ1n) is 27.0. The molecule has 0 saturated carbocycles. The molecule has 73 heavy (non-hydrogen) atoms. The molecule has 0 bridgehead atoms. The molecule has 2 aromatic heterocycles. The second kappa shape index (κ2) is 16.2. The van der Waals surface area contributed by atoms with Gasteiger partial charge in [0.2, 0.25) is 7.28 Å². The summed E-state index contributed by atoms with van der Waals surface area (Å²) < 4.78 is 10.0. The van der Waals surface area contributed by atoms with Crippen molar-refractivity contribution in [2.75, 3.05) is 10.2 Å². The maximum atomic E-state index is 7.26. The number of thiophene rings is 1. The number of nitrogens with one attached hydrogen (secondary N) is 1. The Balaban J connectivity index is 1.19. The van der Waals surface area contributed by atoms with Crippen molar-refractivity contribution in [3.8, 4) is 22.3 Å². The van der Waals surface area contributed by atoms with E-state index in [1.54, 1.807) is 0 Å². The summed E-state index contributed by atoms with van der Waals surface area (Å²) in [6.45, 7) is 33.5. The number of hydrogen-bond acceptors (Lipinski definition) is 4. The first-order chi connectivity index (χ1) is 34.4. The summed E-state index contributed by atoms with van der Waals surface area (Å²) in [5, 5.41) is 7.72. The zero-order chi connectivity index (χ0) is 51.4. The second-order valence-corrected chi connectivity index (χ2v) is 27.9. The SMILES string of the molecule is CC(C)(C)c1ccc(Nc2ccc3c(c2)C(C)(C)CCC3(C)C)c(-c2c3c(cc4c2oc2ccccc24)N(c2ccc(C(C)(C)C)cc2-c2ccccc2)c2c(sc4cc5c(cc24)C(C)(C)CCC5(C)C)B3)c1. The maximum absolute atomic E-state index is 7.26. The topological polar surface area (TPSA) is 28.4 Å². The number of hydrogen-bond donors (Lipinski definition) is 1. The third kappa shape index (κ3) is 7.80. The highest BCUT2D eigenvalue weighted by Crippen LogP contribution is 2.54. The maximum Gasteiger partial charge on any atom is 0.211 e. The Morgan fingerprint density at radius 2 is 1.12 bits per heavy atom. The van der Waals surface area contributed by atoms with Gasteiger partial charge in [0.05, 0.1) is 11.4 Å². The number of benzene rings is 7. The number of nitrogens with zero attached hydrogens (tertiary/aromatic N) is 1. The quantitative estimate of drug-likeness (QED) is 0.174. The molecular formula is C68H73BN2OS. The molecule has 0 amide bonds. The summed E-state index contributed by atoms with van der Waals surface area (Å²) in [5.74, 6) is 0. The van der Waals surface area contributed by atoms with Crippen LogP contribution in [-0.2, 0) is 32.5 Å². The predicted octanol–water partition coefficient (Wildman–Crippen LogP) is 18.3. The molecule has 9 aromatic rings. The van der Waals surface area contributed by atoms with Gasteiger partial charge in [0.1, 0.15) is 11.2 Å². The van der Waals surface area contributed by atoms with Crippen molar-refractivity contribution in [2.24, 2.45) is 0 Å². The lowest BCUT2D eigenvalue weighted by atomic mass is 9.61. The molecule has 12 rings (SSSR count). The molecule has 0 spiro atoms. The third-order valence-corrected chi connectivity index (χ3v) is 18.9. The first kappa shape index (κ1) is 47.9. The van der Waals surface area contributed by atoms with Crippen LogP contribution >= 0.6 is 11.3 Å². The van der Waals surface area contributed by atoms with Crippen molar-refractivity contribution in [3.63, 3.8) is 0 Å². The molecule has 370 valence electrons. The summed E-state index contributed by atoms with van der Waals surface area (Å²) >= 11 is 2.00. The van der Waals surface area contributed by atoms with Gasteiger partial charge in [0, 0.05) is 54.6 Å². The Labute approximate surface area is 439 Å². The fourth-order valence-electron chi connectivity index (χ4n) is 12.8. The number of fused-ring (bicyclic) bond motifs is 9. The van der Waals surface area contributed by atoms with Crippen LogP contribution in [0.15, 0.2) is 132 Å². The van der Waals surface area contributed by atoms with Gasteiger partial charge in [-0.05, 0) is 168 Å². The second-order valence-electron chi connectivity index (χ2n) is 26.8. The normalized spacial score (nSPS) is 17.5. The Kier molecular flexibility index (Phi) is 10.7.